The molecule has 1 aromatic heterocycles. The van der Waals surface area contributed by atoms with Gasteiger partial charge in [0.05, 0.1) is 6.61 Å². The van der Waals surface area contributed by atoms with Crippen molar-refractivity contribution >= 4 is 16.6 Å². The number of benzene rings is 2. The molecule has 3 rings (SSSR count). The largest absolute Gasteiger partial charge is 0.493 e. The van der Waals surface area contributed by atoms with Crippen molar-refractivity contribution in [2.24, 2.45) is 0 Å². The highest BCUT2D eigenvalue weighted by Gasteiger charge is 2.10. The van der Waals surface area contributed by atoms with E-state index in [1.54, 1.807) is 12.4 Å². The number of pyridine rings is 1. The normalized spacial score (nSPS) is 10.5. The standard InChI is InChI=1S/C18H15NO2/c20-18(10-11-21-15-7-2-1-3-8-15)17-13-19-12-14-6-4-5-9-16(14)17/h1-9,12-13H,10-11H2. The predicted octanol–water partition coefficient (Wildman–Crippen LogP) is 3.89. The monoisotopic (exact) mass is 277 g/mol. The highest BCUT2D eigenvalue weighted by atomic mass is 16.5. The van der Waals surface area contributed by atoms with E-state index < -0.39 is 0 Å². The van der Waals surface area contributed by atoms with Crippen molar-refractivity contribution in [1.82, 2.24) is 4.98 Å². The van der Waals surface area contributed by atoms with Gasteiger partial charge in [0.2, 0.25) is 0 Å². The molecule has 2 aromatic carbocycles. The van der Waals surface area contributed by atoms with Gasteiger partial charge in [-0.05, 0) is 17.5 Å². The quantitative estimate of drug-likeness (QED) is 0.664. The third-order valence-corrected chi connectivity index (χ3v) is 3.31. The zero-order valence-corrected chi connectivity index (χ0v) is 11.5. The number of rotatable bonds is 5. The fraction of sp³-hybridized carbons (Fsp3) is 0.111. The first-order chi connectivity index (χ1) is 10.3. The summed E-state index contributed by atoms with van der Waals surface area (Å²) >= 11 is 0. The molecule has 0 aliphatic carbocycles. The molecule has 3 nitrogen and oxygen atoms in total. The van der Waals surface area contributed by atoms with E-state index in [2.05, 4.69) is 4.98 Å². The molecular formula is C18H15NO2. The van der Waals surface area contributed by atoms with Crippen LogP contribution in [0, 0.1) is 0 Å². The number of carbonyl (C=O) groups is 1. The number of hydrogen-bond acceptors (Lipinski definition) is 3. The summed E-state index contributed by atoms with van der Waals surface area (Å²) in [7, 11) is 0. The van der Waals surface area contributed by atoms with Gasteiger partial charge in [-0.1, -0.05) is 42.5 Å². The lowest BCUT2D eigenvalue weighted by Crippen LogP contribution is -2.07. The lowest BCUT2D eigenvalue weighted by molar-refractivity contribution is 0.0963. The Labute approximate surface area is 123 Å². The topological polar surface area (TPSA) is 39.2 Å². The molecule has 0 N–H and O–H groups in total. The lowest BCUT2D eigenvalue weighted by atomic mass is 10.0. The number of para-hydroxylation sites is 1. The molecule has 0 unspecified atom stereocenters. The summed E-state index contributed by atoms with van der Waals surface area (Å²) < 4.78 is 5.57. The van der Waals surface area contributed by atoms with Crippen LogP contribution in [0.1, 0.15) is 16.8 Å². The summed E-state index contributed by atoms with van der Waals surface area (Å²) in [4.78, 5) is 16.5. The van der Waals surface area contributed by atoms with E-state index in [1.807, 2.05) is 54.6 Å². The Morgan fingerprint density at radius 2 is 1.71 bits per heavy atom. The van der Waals surface area contributed by atoms with Gasteiger partial charge in [-0.2, -0.15) is 0 Å². The Morgan fingerprint density at radius 3 is 2.57 bits per heavy atom. The van der Waals surface area contributed by atoms with Crippen molar-refractivity contribution in [3.05, 3.63) is 72.6 Å². The van der Waals surface area contributed by atoms with Gasteiger partial charge in [-0.3, -0.25) is 9.78 Å². The van der Waals surface area contributed by atoms with E-state index in [0.29, 0.717) is 18.6 Å². The molecule has 21 heavy (non-hydrogen) atoms. The van der Waals surface area contributed by atoms with Gasteiger partial charge < -0.3 is 4.74 Å². The predicted molar refractivity (Wildman–Crippen MR) is 82.6 cm³/mol. The number of carbonyl (C=O) groups excluding carboxylic acids is 1. The summed E-state index contributed by atoms with van der Waals surface area (Å²) in [5.41, 5.74) is 0.657. The fourth-order valence-corrected chi connectivity index (χ4v) is 2.25. The van der Waals surface area contributed by atoms with Crippen molar-refractivity contribution in [3.8, 4) is 5.75 Å². The van der Waals surface area contributed by atoms with E-state index in [1.165, 1.54) is 0 Å². The maximum atomic E-state index is 12.3. The van der Waals surface area contributed by atoms with E-state index in [0.717, 1.165) is 16.5 Å². The van der Waals surface area contributed by atoms with E-state index >= 15 is 0 Å². The molecule has 3 aromatic rings. The second kappa shape index (κ2) is 6.18. The lowest BCUT2D eigenvalue weighted by Gasteiger charge is -2.07. The van der Waals surface area contributed by atoms with Crippen LogP contribution >= 0.6 is 0 Å². The Kier molecular flexibility index (Phi) is 3.92. The second-order valence-corrected chi connectivity index (χ2v) is 4.74. The summed E-state index contributed by atoms with van der Waals surface area (Å²) in [5.74, 6) is 0.830. The minimum Gasteiger partial charge on any atom is -0.493 e. The molecule has 0 saturated heterocycles. The van der Waals surface area contributed by atoms with Crippen LogP contribution in [0.3, 0.4) is 0 Å². The molecule has 3 heteroatoms. The van der Waals surface area contributed by atoms with Gasteiger partial charge in [0, 0.05) is 29.8 Å². The maximum Gasteiger partial charge on any atom is 0.168 e. The van der Waals surface area contributed by atoms with Crippen molar-refractivity contribution in [3.63, 3.8) is 0 Å². The number of fused-ring (bicyclic) bond motifs is 1. The molecular weight excluding hydrogens is 262 g/mol. The number of aromatic nitrogens is 1. The summed E-state index contributed by atoms with van der Waals surface area (Å²) in [6, 6.07) is 17.3. The summed E-state index contributed by atoms with van der Waals surface area (Å²) in [5, 5.41) is 1.92. The maximum absolute atomic E-state index is 12.3. The van der Waals surface area contributed by atoms with Crippen LogP contribution in [-0.2, 0) is 0 Å². The van der Waals surface area contributed by atoms with Gasteiger partial charge in [0.1, 0.15) is 5.75 Å². The van der Waals surface area contributed by atoms with Crippen molar-refractivity contribution in [2.45, 2.75) is 6.42 Å². The zero-order chi connectivity index (χ0) is 14.5. The van der Waals surface area contributed by atoms with Crippen molar-refractivity contribution < 1.29 is 9.53 Å². The third-order valence-electron chi connectivity index (χ3n) is 3.31. The molecule has 0 bridgehead atoms. The van der Waals surface area contributed by atoms with E-state index in [4.69, 9.17) is 4.74 Å². The zero-order valence-electron chi connectivity index (χ0n) is 11.5. The first kappa shape index (κ1) is 13.3. The number of hydrogen-bond donors (Lipinski definition) is 0. The second-order valence-electron chi connectivity index (χ2n) is 4.74. The number of nitrogens with zero attached hydrogens (tertiary/aromatic N) is 1. The Hall–Kier alpha value is -2.68. The van der Waals surface area contributed by atoms with Crippen LogP contribution in [0.2, 0.25) is 0 Å². The van der Waals surface area contributed by atoms with E-state index in [9.17, 15) is 4.79 Å². The first-order valence-corrected chi connectivity index (χ1v) is 6.88. The van der Waals surface area contributed by atoms with E-state index in [-0.39, 0.29) is 5.78 Å². The summed E-state index contributed by atoms with van der Waals surface area (Å²) in [6.07, 6.45) is 3.74. The molecule has 0 radical (unpaired) electrons. The molecule has 0 amide bonds. The Bertz CT molecular complexity index is 748. The minimum atomic E-state index is 0.0511. The van der Waals surface area contributed by atoms with Crippen LogP contribution in [0.25, 0.3) is 10.8 Å². The molecule has 0 atom stereocenters. The van der Waals surface area contributed by atoms with Gasteiger partial charge in [-0.25, -0.2) is 0 Å². The first-order valence-electron chi connectivity index (χ1n) is 6.88. The molecule has 0 aliphatic rings. The average Bonchev–Trinajstić information content (AvgIpc) is 2.55. The van der Waals surface area contributed by atoms with Crippen LogP contribution in [0.15, 0.2) is 67.0 Å². The number of ether oxygens (including phenoxy) is 1. The van der Waals surface area contributed by atoms with Crippen LogP contribution < -0.4 is 4.74 Å². The smallest absolute Gasteiger partial charge is 0.168 e. The Balaban J connectivity index is 1.70. The molecule has 0 aliphatic heterocycles. The molecule has 0 spiro atoms. The van der Waals surface area contributed by atoms with Crippen molar-refractivity contribution in [2.75, 3.05) is 6.61 Å². The third kappa shape index (κ3) is 3.08. The van der Waals surface area contributed by atoms with Gasteiger partial charge in [0.15, 0.2) is 5.78 Å². The fourth-order valence-electron chi connectivity index (χ4n) is 2.25. The van der Waals surface area contributed by atoms with Gasteiger partial charge >= 0.3 is 0 Å². The average molecular weight is 277 g/mol. The number of Topliss-reactive ketones (excluding diaryl/α,β-unsaturated/α-hetero) is 1. The van der Waals surface area contributed by atoms with Gasteiger partial charge in [-0.15, -0.1) is 0 Å². The number of ketones is 1. The minimum absolute atomic E-state index is 0.0511. The Morgan fingerprint density at radius 1 is 0.952 bits per heavy atom. The van der Waals surface area contributed by atoms with Gasteiger partial charge in [0.25, 0.3) is 0 Å². The van der Waals surface area contributed by atoms with Crippen molar-refractivity contribution in [1.29, 1.82) is 0 Å². The summed E-state index contributed by atoms with van der Waals surface area (Å²) in [6.45, 7) is 0.367. The highest BCUT2D eigenvalue weighted by molar-refractivity contribution is 6.07. The van der Waals surface area contributed by atoms with Crippen LogP contribution in [0.5, 0.6) is 5.75 Å². The SMILES string of the molecule is O=C(CCOc1ccccc1)c1cncc2ccccc12. The molecule has 0 saturated carbocycles. The molecule has 0 fully saturated rings. The molecule has 104 valence electrons. The van der Waals surface area contributed by atoms with Crippen LogP contribution in [0.4, 0.5) is 0 Å². The van der Waals surface area contributed by atoms with Crippen LogP contribution in [-0.4, -0.2) is 17.4 Å². The molecule has 1 heterocycles. The highest BCUT2D eigenvalue weighted by Crippen LogP contribution is 2.18.